The van der Waals surface area contributed by atoms with Gasteiger partial charge in [0, 0.05) is 54.8 Å². The van der Waals surface area contributed by atoms with Gasteiger partial charge in [0.2, 0.25) is 0 Å². The summed E-state index contributed by atoms with van der Waals surface area (Å²) in [4.78, 5) is 18.7. The van der Waals surface area contributed by atoms with Crippen LogP contribution in [0.15, 0.2) is 42.6 Å². The lowest BCUT2D eigenvalue weighted by Gasteiger charge is -2.34. The van der Waals surface area contributed by atoms with Gasteiger partial charge in [-0.25, -0.2) is 8.78 Å². The van der Waals surface area contributed by atoms with Crippen molar-refractivity contribution >= 4 is 39.1 Å². The Morgan fingerprint density at radius 1 is 1.02 bits per heavy atom. The number of piperidine rings is 1. The molecule has 4 fully saturated rings. The van der Waals surface area contributed by atoms with Crippen molar-refractivity contribution in [3.05, 3.63) is 53.4 Å². The van der Waals surface area contributed by atoms with E-state index in [1.165, 1.54) is 19.3 Å². The molecule has 218 valence electrons. The van der Waals surface area contributed by atoms with Crippen molar-refractivity contribution in [2.45, 2.75) is 50.7 Å². The fraction of sp³-hybridized carbons (Fsp3) is 0.485. The number of anilines is 1. The maximum absolute atomic E-state index is 16.6. The Bertz CT molecular complexity index is 1670. The van der Waals surface area contributed by atoms with Gasteiger partial charge in [-0.1, -0.05) is 48.9 Å². The number of ether oxygens (including phenoxy) is 1. The van der Waals surface area contributed by atoms with Crippen LogP contribution in [0.1, 0.15) is 39.0 Å². The second-order valence-corrected chi connectivity index (χ2v) is 13.5. The molecule has 4 aromatic rings. The van der Waals surface area contributed by atoms with Gasteiger partial charge in [-0.05, 0) is 54.9 Å². The first kappa shape index (κ1) is 26.5. The van der Waals surface area contributed by atoms with Gasteiger partial charge in [0.15, 0.2) is 5.82 Å². The summed E-state index contributed by atoms with van der Waals surface area (Å²) in [5.74, 6) is 1.84. The van der Waals surface area contributed by atoms with E-state index in [-0.39, 0.29) is 29.4 Å². The number of alkyl halides is 1. The van der Waals surface area contributed by atoms with Gasteiger partial charge in [-0.15, -0.1) is 0 Å². The third kappa shape index (κ3) is 4.32. The molecule has 42 heavy (non-hydrogen) atoms. The molecule has 3 saturated heterocycles. The maximum atomic E-state index is 16.6. The molecular weight excluding hydrogens is 556 g/mol. The number of rotatable bonds is 5. The van der Waals surface area contributed by atoms with Crippen LogP contribution >= 0.6 is 11.6 Å². The van der Waals surface area contributed by atoms with Crippen LogP contribution in [0, 0.1) is 23.6 Å². The average Bonchev–Trinajstić information content (AvgIpc) is 3.58. The molecule has 0 spiro atoms. The first-order valence-corrected chi connectivity index (χ1v) is 15.6. The molecule has 2 bridgehead atoms. The Morgan fingerprint density at radius 2 is 1.81 bits per heavy atom. The molecule has 5 unspecified atom stereocenters. The number of aromatic nitrogens is 3. The quantitative estimate of drug-likeness (QED) is 0.248. The first-order valence-electron chi connectivity index (χ1n) is 15.2. The van der Waals surface area contributed by atoms with E-state index in [0.717, 1.165) is 36.8 Å². The highest BCUT2D eigenvalue weighted by molar-refractivity contribution is 6.36. The third-order valence-corrected chi connectivity index (χ3v) is 10.4. The smallest absolute Gasteiger partial charge is 0.319 e. The highest BCUT2D eigenvalue weighted by Crippen LogP contribution is 2.44. The largest absolute Gasteiger partial charge is 0.461 e. The van der Waals surface area contributed by atoms with Crippen LogP contribution in [0.4, 0.5) is 14.6 Å². The Kier molecular flexibility index (Phi) is 6.30. The minimum atomic E-state index is -0.864. The van der Waals surface area contributed by atoms with Crippen molar-refractivity contribution in [2.75, 3.05) is 37.7 Å². The van der Waals surface area contributed by atoms with E-state index < -0.39 is 12.0 Å². The van der Waals surface area contributed by atoms with Crippen LogP contribution in [0.5, 0.6) is 6.01 Å². The molecule has 0 radical (unpaired) electrons. The summed E-state index contributed by atoms with van der Waals surface area (Å²) in [7, 11) is 0. The molecule has 5 heterocycles. The van der Waals surface area contributed by atoms with Gasteiger partial charge in [-0.3, -0.25) is 9.88 Å². The van der Waals surface area contributed by atoms with Gasteiger partial charge in [0.1, 0.15) is 29.8 Å². The lowest BCUT2D eigenvalue weighted by molar-refractivity contribution is 0.107. The number of fused-ring (bicyclic) bond motifs is 5. The average molecular weight is 590 g/mol. The molecule has 1 saturated carbocycles. The van der Waals surface area contributed by atoms with E-state index in [0.29, 0.717) is 52.5 Å². The van der Waals surface area contributed by atoms with Crippen molar-refractivity contribution in [3.8, 4) is 17.3 Å². The molecule has 0 amide bonds. The zero-order valence-corrected chi connectivity index (χ0v) is 24.5. The summed E-state index contributed by atoms with van der Waals surface area (Å²) in [5.41, 5.74) is 0.626. The second kappa shape index (κ2) is 9.98. The minimum absolute atomic E-state index is 0.138. The molecule has 3 aliphatic heterocycles. The second-order valence-electron chi connectivity index (χ2n) is 13.1. The van der Waals surface area contributed by atoms with E-state index in [1.807, 2.05) is 30.3 Å². The maximum Gasteiger partial charge on any atom is 0.319 e. The fourth-order valence-corrected chi connectivity index (χ4v) is 8.69. The predicted molar refractivity (Wildman–Crippen MR) is 161 cm³/mol. The van der Waals surface area contributed by atoms with Crippen LogP contribution in [-0.4, -0.2) is 64.3 Å². The first-order chi connectivity index (χ1) is 20.4. The molecule has 6 nitrogen and oxygen atoms in total. The fourth-order valence-electron chi connectivity index (χ4n) is 8.41. The number of pyridine rings is 1. The van der Waals surface area contributed by atoms with Gasteiger partial charge < -0.3 is 9.64 Å². The van der Waals surface area contributed by atoms with Gasteiger partial charge in [-0.2, -0.15) is 9.97 Å². The molecule has 2 aromatic carbocycles. The normalized spacial score (nSPS) is 29.1. The number of nitrogens with zero attached hydrogens (tertiary/aromatic N) is 5. The van der Waals surface area contributed by atoms with Crippen LogP contribution < -0.4 is 9.64 Å². The van der Waals surface area contributed by atoms with Crippen molar-refractivity contribution in [1.82, 2.24) is 19.9 Å². The number of benzene rings is 2. The van der Waals surface area contributed by atoms with Crippen LogP contribution in [0.3, 0.4) is 0 Å². The molecule has 4 aliphatic rings. The Hall–Kier alpha value is -3.10. The molecule has 1 aliphatic carbocycles. The van der Waals surface area contributed by atoms with Gasteiger partial charge in [0.25, 0.3) is 0 Å². The van der Waals surface area contributed by atoms with Crippen molar-refractivity contribution in [1.29, 1.82) is 0 Å². The van der Waals surface area contributed by atoms with E-state index in [9.17, 15) is 4.39 Å². The highest BCUT2D eigenvalue weighted by Gasteiger charge is 2.51. The topological polar surface area (TPSA) is 54.4 Å². The summed E-state index contributed by atoms with van der Waals surface area (Å²) < 4.78 is 37.5. The Balaban J connectivity index is 1.24. The third-order valence-electron chi connectivity index (χ3n) is 10.1. The summed E-state index contributed by atoms with van der Waals surface area (Å²) in [5, 5.41) is 2.78. The predicted octanol–water partition coefficient (Wildman–Crippen LogP) is 7.08. The van der Waals surface area contributed by atoms with E-state index in [1.54, 1.807) is 12.3 Å². The van der Waals surface area contributed by atoms with Gasteiger partial charge in [0.05, 0.1) is 10.9 Å². The molecule has 8 rings (SSSR count). The highest BCUT2D eigenvalue weighted by atomic mass is 35.5. The van der Waals surface area contributed by atoms with Crippen LogP contribution in [0.2, 0.25) is 5.02 Å². The summed E-state index contributed by atoms with van der Waals surface area (Å²) in [6, 6.07) is 11.5. The Morgan fingerprint density at radius 3 is 2.62 bits per heavy atom. The molecule has 0 N–H and O–H groups in total. The number of halogens is 3. The molecular formula is C33H34ClF2N5O. The lowest BCUT2D eigenvalue weighted by atomic mass is 9.91. The minimum Gasteiger partial charge on any atom is -0.461 e. The number of hydrogen-bond donors (Lipinski definition) is 0. The van der Waals surface area contributed by atoms with Crippen LogP contribution in [-0.2, 0) is 0 Å². The molecule has 9 heteroatoms. The van der Waals surface area contributed by atoms with Crippen molar-refractivity contribution in [3.63, 3.8) is 0 Å². The van der Waals surface area contributed by atoms with E-state index in [2.05, 4.69) is 26.7 Å². The van der Waals surface area contributed by atoms with Gasteiger partial charge >= 0.3 is 6.01 Å². The number of hydrogen-bond acceptors (Lipinski definition) is 6. The summed E-state index contributed by atoms with van der Waals surface area (Å²) in [6.45, 7) is 5.54. The zero-order chi connectivity index (χ0) is 28.6. The summed E-state index contributed by atoms with van der Waals surface area (Å²) in [6.07, 6.45) is 5.81. The lowest BCUT2D eigenvalue weighted by Crippen LogP contribution is -2.43. The van der Waals surface area contributed by atoms with E-state index in [4.69, 9.17) is 21.3 Å². The zero-order valence-electron chi connectivity index (χ0n) is 23.7. The monoisotopic (exact) mass is 589 g/mol. The van der Waals surface area contributed by atoms with Crippen molar-refractivity contribution < 1.29 is 13.5 Å². The molecule has 2 aromatic heterocycles. The SMILES string of the molecule is CC1CN2CC(F)CC2(COc2nc(N3CC4CCC(C4)C3)c3cnc(-c4cccc5cccc(Cl)c45)c(F)c3n2)C1. The Labute approximate surface area is 249 Å². The molecule has 5 atom stereocenters. The summed E-state index contributed by atoms with van der Waals surface area (Å²) >= 11 is 6.60. The standard InChI is InChI=1S/C33H34ClF2N5O/c1-19-11-33(12-23(35)17-41(33)14-19)18-42-32-38-30-25(31(39-32)40-15-20-8-9-21(10-20)16-40)13-37-29(28(30)36)24-6-2-4-22-5-3-7-26(34)27(22)24/h2-7,13,19-21,23H,8-12,14-18H2,1H3. The van der Waals surface area contributed by atoms with Crippen molar-refractivity contribution in [2.24, 2.45) is 17.8 Å². The van der Waals surface area contributed by atoms with Crippen LogP contribution in [0.25, 0.3) is 32.9 Å². The van der Waals surface area contributed by atoms with E-state index >= 15 is 4.39 Å².